The third-order valence-corrected chi connectivity index (χ3v) is 8.31. The van der Waals surface area contributed by atoms with E-state index in [1.807, 2.05) is 18.3 Å². The van der Waals surface area contributed by atoms with Gasteiger partial charge in [0.15, 0.2) is 11.5 Å². The molecule has 2 atom stereocenters. The van der Waals surface area contributed by atoms with Crippen LogP contribution >= 0.6 is 0 Å². The molecule has 144 valence electrons. The molecule has 1 aromatic heterocycles. The number of hydrogen-bond donors (Lipinski definition) is 0. The molecule has 0 radical (unpaired) electrons. The number of aromatic nitrogens is 1. The molecule has 8 rings (SSSR count). The summed E-state index contributed by atoms with van der Waals surface area (Å²) in [6, 6.07) is 6.18. The Hall–Kier alpha value is -2.10. The molecule has 0 amide bonds. The van der Waals surface area contributed by atoms with Gasteiger partial charge in [0.2, 0.25) is 6.79 Å². The van der Waals surface area contributed by atoms with Crippen LogP contribution in [-0.2, 0) is 4.79 Å². The topological polar surface area (TPSA) is 48.4 Å². The Balaban J connectivity index is 1.17. The normalized spacial score (nSPS) is 39.5. The van der Waals surface area contributed by atoms with Crippen molar-refractivity contribution < 1.29 is 14.3 Å². The lowest BCUT2D eigenvalue weighted by Crippen LogP contribution is -2.50. The predicted molar refractivity (Wildman–Crippen MR) is 104 cm³/mol. The van der Waals surface area contributed by atoms with Gasteiger partial charge in [0.05, 0.1) is 5.52 Å². The van der Waals surface area contributed by atoms with E-state index >= 15 is 0 Å². The average molecular weight is 375 g/mol. The minimum Gasteiger partial charge on any atom is -0.454 e. The number of benzene rings is 1. The standard InChI is InChI=1S/C24H25NO3/c26-23(24-8-13-1-14(9-24)3-15(2-13)10-24)19-6-18(19)17-4-16-5-21-22(28-12-27-21)7-20(16)25-11-17/h4-5,7,11,13-15,18-19H,1-3,6,8-10,12H2. The van der Waals surface area contributed by atoms with Crippen LogP contribution in [0.25, 0.3) is 10.9 Å². The molecule has 5 saturated carbocycles. The lowest BCUT2D eigenvalue weighted by atomic mass is 9.48. The smallest absolute Gasteiger partial charge is 0.231 e. The molecule has 1 aliphatic heterocycles. The molecule has 2 aromatic rings. The number of carbonyl (C=O) groups excluding carboxylic acids is 1. The SMILES string of the molecule is O=C(C1CC1c1cnc2cc3c(cc2c1)OCO3)C12CC3CC(CC(C3)C1)C2. The Kier molecular flexibility index (Phi) is 2.98. The first-order valence-corrected chi connectivity index (χ1v) is 10.9. The Morgan fingerprint density at radius 1 is 0.929 bits per heavy atom. The molecule has 28 heavy (non-hydrogen) atoms. The summed E-state index contributed by atoms with van der Waals surface area (Å²) in [6.45, 7) is 0.281. The maximum Gasteiger partial charge on any atom is 0.231 e. The molecule has 6 aliphatic rings. The number of fused-ring (bicyclic) bond motifs is 2. The number of ether oxygens (including phenoxy) is 2. The van der Waals surface area contributed by atoms with Crippen LogP contribution < -0.4 is 9.47 Å². The molecule has 2 unspecified atom stereocenters. The summed E-state index contributed by atoms with van der Waals surface area (Å²) in [5.41, 5.74) is 2.18. The fourth-order valence-electron chi connectivity index (χ4n) is 7.40. The van der Waals surface area contributed by atoms with Crippen molar-refractivity contribution in [3.05, 3.63) is 30.0 Å². The van der Waals surface area contributed by atoms with Gasteiger partial charge in [-0.05, 0) is 86.3 Å². The minimum absolute atomic E-state index is 0.0322. The first-order chi connectivity index (χ1) is 13.7. The van der Waals surface area contributed by atoms with Crippen LogP contribution in [0.2, 0.25) is 0 Å². The van der Waals surface area contributed by atoms with Gasteiger partial charge >= 0.3 is 0 Å². The van der Waals surface area contributed by atoms with Gasteiger partial charge < -0.3 is 9.47 Å². The summed E-state index contributed by atoms with van der Waals surface area (Å²) >= 11 is 0. The number of pyridine rings is 1. The Labute approximate surface area is 164 Å². The van der Waals surface area contributed by atoms with Crippen molar-refractivity contribution >= 4 is 16.7 Å². The van der Waals surface area contributed by atoms with Crippen LogP contribution in [0.4, 0.5) is 0 Å². The number of rotatable bonds is 3. The van der Waals surface area contributed by atoms with Crippen molar-refractivity contribution in [2.24, 2.45) is 29.1 Å². The number of hydrogen-bond acceptors (Lipinski definition) is 4. The zero-order valence-electron chi connectivity index (χ0n) is 16.0. The summed E-state index contributed by atoms with van der Waals surface area (Å²) in [7, 11) is 0. The second kappa shape index (κ2) is 5.28. The van der Waals surface area contributed by atoms with Gasteiger partial charge in [-0.3, -0.25) is 9.78 Å². The Morgan fingerprint density at radius 2 is 1.61 bits per heavy atom. The van der Waals surface area contributed by atoms with E-state index in [-0.39, 0.29) is 18.1 Å². The predicted octanol–water partition coefficient (Wildman–Crippen LogP) is 4.85. The molecule has 4 heteroatoms. The number of nitrogens with zero attached hydrogens (tertiary/aromatic N) is 1. The molecule has 4 bridgehead atoms. The van der Waals surface area contributed by atoms with Crippen molar-refractivity contribution in [3.63, 3.8) is 0 Å². The molecule has 2 heterocycles. The van der Waals surface area contributed by atoms with Gasteiger partial charge in [-0.2, -0.15) is 0 Å². The third-order valence-electron chi connectivity index (χ3n) is 8.31. The summed E-state index contributed by atoms with van der Waals surface area (Å²) < 4.78 is 11.0. The van der Waals surface area contributed by atoms with Gasteiger partial charge in [0.25, 0.3) is 0 Å². The van der Waals surface area contributed by atoms with Crippen molar-refractivity contribution in [1.29, 1.82) is 0 Å². The van der Waals surface area contributed by atoms with E-state index in [0.717, 1.165) is 46.6 Å². The Bertz CT molecular complexity index is 977. The van der Waals surface area contributed by atoms with Crippen molar-refractivity contribution in [2.45, 2.75) is 50.9 Å². The molecule has 0 spiro atoms. The first kappa shape index (κ1) is 15.8. The maximum absolute atomic E-state index is 13.6. The van der Waals surface area contributed by atoms with Gasteiger partial charge in [-0.25, -0.2) is 0 Å². The first-order valence-electron chi connectivity index (χ1n) is 10.9. The van der Waals surface area contributed by atoms with E-state index < -0.39 is 0 Å². The lowest BCUT2D eigenvalue weighted by molar-refractivity contribution is -0.145. The summed E-state index contributed by atoms with van der Waals surface area (Å²) in [5, 5.41) is 1.08. The lowest BCUT2D eigenvalue weighted by Gasteiger charge is -2.56. The Morgan fingerprint density at radius 3 is 2.32 bits per heavy atom. The highest BCUT2D eigenvalue weighted by molar-refractivity contribution is 5.91. The van der Waals surface area contributed by atoms with Crippen molar-refractivity contribution in [2.75, 3.05) is 6.79 Å². The van der Waals surface area contributed by atoms with E-state index in [1.54, 1.807) is 0 Å². The highest BCUT2D eigenvalue weighted by atomic mass is 16.7. The van der Waals surface area contributed by atoms with Gasteiger partial charge in [0, 0.05) is 29.0 Å². The zero-order valence-corrected chi connectivity index (χ0v) is 16.0. The quantitative estimate of drug-likeness (QED) is 0.769. The maximum atomic E-state index is 13.6. The van der Waals surface area contributed by atoms with Gasteiger partial charge in [-0.15, -0.1) is 0 Å². The molecular formula is C24H25NO3. The fourth-order valence-corrected chi connectivity index (χ4v) is 7.40. The molecular weight excluding hydrogens is 350 g/mol. The summed E-state index contributed by atoms with van der Waals surface area (Å²) in [6.07, 6.45) is 10.7. The van der Waals surface area contributed by atoms with Crippen LogP contribution in [0.5, 0.6) is 11.5 Å². The molecule has 4 nitrogen and oxygen atoms in total. The van der Waals surface area contributed by atoms with Gasteiger partial charge in [-0.1, -0.05) is 0 Å². The summed E-state index contributed by atoms with van der Waals surface area (Å²) in [4.78, 5) is 18.3. The highest BCUT2D eigenvalue weighted by Gasteiger charge is 2.59. The molecule has 0 N–H and O–H groups in total. The van der Waals surface area contributed by atoms with Crippen LogP contribution in [0.1, 0.15) is 56.4 Å². The minimum atomic E-state index is 0.0322. The van der Waals surface area contributed by atoms with Crippen molar-refractivity contribution in [1.82, 2.24) is 4.98 Å². The van der Waals surface area contributed by atoms with E-state index in [0.29, 0.717) is 11.7 Å². The number of Topliss-reactive ketones (excluding diaryl/α,β-unsaturated/α-hetero) is 1. The van der Waals surface area contributed by atoms with Crippen LogP contribution in [0, 0.1) is 29.1 Å². The molecule has 5 aliphatic carbocycles. The summed E-state index contributed by atoms with van der Waals surface area (Å²) in [5.74, 6) is 5.25. The highest BCUT2D eigenvalue weighted by Crippen LogP contribution is 2.63. The van der Waals surface area contributed by atoms with Crippen LogP contribution in [0.3, 0.4) is 0 Å². The van der Waals surface area contributed by atoms with Gasteiger partial charge in [0.1, 0.15) is 5.78 Å². The van der Waals surface area contributed by atoms with Crippen LogP contribution in [-0.4, -0.2) is 17.6 Å². The van der Waals surface area contributed by atoms with E-state index in [2.05, 4.69) is 11.1 Å². The van der Waals surface area contributed by atoms with E-state index in [1.165, 1.54) is 44.1 Å². The molecule has 1 aromatic carbocycles. The molecule has 5 fully saturated rings. The second-order valence-electron chi connectivity index (χ2n) is 10.2. The number of ketones is 1. The monoisotopic (exact) mass is 375 g/mol. The van der Waals surface area contributed by atoms with Crippen LogP contribution in [0.15, 0.2) is 24.4 Å². The largest absolute Gasteiger partial charge is 0.454 e. The fraction of sp³-hybridized carbons (Fsp3) is 0.583. The zero-order chi connectivity index (χ0) is 18.5. The van der Waals surface area contributed by atoms with E-state index in [9.17, 15) is 4.79 Å². The number of carbonyl (C=O) groups is 1. The third kappa shape index (κ3) is 2.18. The van der Waals surface area contributed by atoms with Crippen molar-refractivity contribution in [3.8, 4) is 11.5 Å². The second-order valence-corrected chi connectivity index (χ2v) is 10.2. The average Bonchev–Trinajstić information content (AvgIpc) is 3.34. The molecule has 0 saturated heterocycles. The van der Waals surface area contributed by atoms with E-state index in [4.69, 9.17) is 9.47 Å².